The summed E-state index contributed by atoms with van der Waals surface area (Å²) in [5.41, 5.74) is 4.35. The summed E-state index contributed by atoms with van der Waals surface area (Å²) in [5, 5.41) is 21.7. The van der Waals surface area contributed by atoms with Gasteiger partial charge in [-0.25, -0.2) is 10.1 Å². The summed E-state index contributed by atoms with van der Waals surface area (Å²) in [5.74, 6) is 0.261. The van der Waals surface area contributed by atoms with Crippen LogP contribution in [0.3, 0.4) is 0 Å². The average molecular weight is 339 g/mol. The van der Waals surface area contributed by atoms with Gasteiger partial charge >= 0.3 is 0 Å². The van der Waals surface area contributed by atoms with Gasteiger partial charge in [0, 0.05) is 5.56 Å². The van der Waals surface area contributed by atoms with Crippen LogP contribution in [0.4, 0.5) is 0 Å². The van der Waals surface area contributed by atoms with Gasteiger partial charge in [-0.1, -0.05) is 17.3 Å². The molecule has 0 aliphatic rings. The Morgan fingerprint density at radius 1 is 1.36 bits per heavy atom. The number of phenols is 1. The first-order chi connectivity index (χ1) is 12.1. The highest BCUT2D eigenvalue weighted by atomic mass is 16.5. The maximum atomic E-state index is 12.3. The minimum absolute atomic E-state index is 0.0362. The summed E-state index contributed by atoms with van der Waals surface area (Å²) >= 11 is 0. The molecule has 0 saturated heterocycles. The van der Waals surface area contributed by atoms with Gasteiger partial charge in [0.25, 0.3) is 5.91 Å². The molecule has 1 amide bonds. The molecular weight excluding hydrogens is 322 g/mol. The van der Waals surface area contributed by atoms with Crippen LogP contribution in [0.15, 0.2) is 47.6 Å². The first-order valence-electron chi connectivity index (χ1n) is 7.60. The Balaban J connectivity index is 1.72. The van der Waals surface area contributed by atoms with Crippen molar-refractivity contribution in [2.75, 3.05) is 7.11 Å². The maximum absolute atomic E-state index is 12.3. The van der Waals surface area contributed by atoms with Gasteiger partial charge in [-0.2, -0.15) is 5.10 Å². The SMILES string of the molecule is COc1ccc(O)c(C=NNC(=O)[C@@H](C)n2nnc3ccccc32)c1. The highest BCUT2D eigenvalue weighted by Gasteiger charge is 2.18. The Labute approximate surface area is 143 Å². The number of nitrogens with one attached hydrogen (secondary N) is 1. The molecule has 25 heavy (non-hydrogen) atoms. The van der Waals surface area contributed by atoms with Crippen molar-refractivity contribution in [3.8, 4) is 11.5 Å². The first kappa shape index (κ1) is 16.4. The van der Waals surface area contributed by atoms with Crippen molar-refractivity contribution in [1.82, 2.24) is 20.4 Å². The van der Waals surface area contributed by atoms with E-state index in [4.69, 9.17) is 4.74 Å². The number of hydrazone groups is 1. The molecule has 0 unspecified atom stereocenters. The number of hydrogen-bond donors (Lipinski definition) is 2. The number of phenolic OH excluding ortho intramolecular Hbond substituents is 1. The van der Waals surface area contributed by atoms with Crippen molar-refractivity contribution in [2.45, 2.75) is 13.0 Å². The number of para-hydroxylation sites is 1. The van der Waals surface area contributed by atoms with Gasteiger partial charge in [0.05, 0.1) is 18.8 Å². The molecule has 0 aliphatic carbocycles. The molecule has 3 rings (SSSR count). The van der Waals surface area contributed by atoms with Gasteiger partial charge in [-0.15, -0.1) is 5.10 Å². The number of rotatable bonds is 5. The standard InChI is InChI=1S/C17H17N5O3/c1-11(22-15-6-4-3-5-14(15)19-21-22)17(24)20-18-10-12-9-13(25-2)7-8-16(12)23/h3-11,23H,1-2H3,(H,20,24)/t11-/m1/s1. The fourth-order valence-corrected chi connectivity index (χ4v) is 2.31. The highest BCUT2D eigenvalue weighted by molar-refractivity contribution is 5.87. The molecule has 2 aromatic carbocycles. The Hall–Kier alpha value is -3.42. The number of aromatic nitrogens is 3. The second-order valence-corrected chi connectivity index (χ2v) is 5.36. The maximum Gasteiger partial charge on any atom is 0.264 e. The lowest BCUT2D eigenvalue weighted by molar-refractivity contribution is -0.124. The number of fused-ring (bicyclic) bond motifs is 1. The second-order valence-electron chi connectivity index (χ2n) is 5.36. The van der Waals surface area contributed by atoms with Crippen LogP contribution in [0, 0.1) is 0 Å². The van der Waals surface area contributed by atoms with Crippen molar-refractivity contribution < 1.29 is 14.6 Å². The lowest BCUT2D eigenvalue weighted by atomic mass is 10.2. The fourth-order valence-electron chi connectivity index (χ4n) is 2.31. The van der Waals surface area contributed by atoms with E-state index in [0.29, 0.717) is 16.8 Å². The molecule has 0 fully saturated rings. The zero-order valence-electron chi connectivity index (χ0n) is 13.7. The third-order valence-electron chi connectivity index (χ3n) is 3.74. The highest BCUT2D eigenvalue weighted by Crippen LogP contribution is 2.21. The topological polar surface area (TPSA) is 102 Å². The summed E-state index contributed by atoms with van der Waals surface area (Å²) in [6.45, 7) is 1.70. The number of carbonyl (C=O) groups is 1. The minimum Gasteiger partial charge on any atom is -0.507 e. The van der Waals surface area contributed by atoms with Crippen LogP contribution in [0.1, 0.15) is 18.5 Å². The van der Waals surface area contributed by atoms with Crippen LogP contribution in [0.2, 0.25) is 0 Å². The van der Waals surface area contributed by atoms with E-state index in [9.17, 15) is 9.90 Å². The summed E-state index contributed by atoms with van der Waals surface area (Å²) < 4.78 is 6.62. The first-order valence-corrected chi connectivity index (χ1v) is 7.60. The van der Waals surface area contributed by atoms with Crippen molar-refractivity contribution >= 4 is 23.2 Å². The quantitative estimate of drug-likeness (QED) is 0.546. The van der Waals surface area contributed by atoms with E-state index in [1.807, 2.05) is 24.3 Å². The molecule has 1 heterocycles. The number of aromatic hydroxyl groups is 1. The van der Waals surface area contributed by atoms with E-state index in [2.05, 4.69) is 20.8 Å². The summed E-state index contributed by atoms with van der Waals surface area (Å²) in [6, 6.07) is 11.5. The third-order valence-corrected chi connectivity index (χ3v) is 3.74. The van der Waals surface area contributed by atoms with E-state index < -0.39 is 6.04 Å². The lowest BCUT2D eigenvalue weighted by Gasteiger charge is -2.10. The predicted octanol–water partition coefficient (Wildman–Crippen LogP) is 1.86. The number of nitrogens with zero attached hydrogens (tertiary/aromatic N) is 4. The number of benzene rings is 2. The Bertz CT molecular complexity index is 935. The van der Waals surface area contributed by atoms with E-state index in [-0.39, 0.29) is 11.7 Å². The lowest BCUT2D eigenvalue weighted by Crippen LogP contribution is -2.28. The smallest absolute Gasteiger partial charge is 0.264 e. The van der Waals surface area contributed by atoms with Gasteiger partial charge in [0.2, 0.25) is 0 Å². The molecule has 0 aliphatic heterocycles. The monoisotopic (exact) mass is 339 g/mol. The number of amides is 1. The van der Waals surface area contributed by atoms with Crippen molar-refractivity contribution in [2.24, 2.45) is 5.10 Å². The van der Waals surface area contributed by atoms with Gasteiger partial charge in [0.1, 0.15) is 23.1 Å². The van der Waals surface area contributed by atoms with E-state index in [0.717, 1.165) is 5.52 Å². The van der Waals surface area contributed by atoms with Gasteiger partial charge < -0.3 is 9.84 Å². The molecule has 0 radical (unpaired) electrons. The molecule has 3 aromatic rings. The molecule has 0 saturated carbocycles. The zero-order chi connectivity index (χ0) is 17.8. The molecule has 2 N–H and O–H groups in total. The Kier molecular flexibility index (Phi) is 4.60. The number of methoxy groups -OCH3 is 1. The fraction of sp³-hybridized carbons (Fsp3) is 0.176. The van der Waals surface area contributed by atoms with Crippen LogP contribution in [-0.2, 0) is 4.79 Å². The summed E-state index contributed by atoms with van der Waals surface area (Å²) in [4.78, 5) is 12.3. The average Bonchev–Trinajstić information content (AvgIpc) is 3.06. The van der Waals surface area contributed by atoms with Crippen molar-refractivity contribution in [1.29, 1.82) is 0 Å². The van der Waals surface area contributed by atoms with E-state index in [1.165, 1.54) is 24.1 Å². The number of carbonyl (C=O) groups excluding carboxylic acids is 1. The zero-order valence-corrected chi connectivity index (χ0v) is 13.7. The molecule has 0 spiro atoms. The normalized spacial score (nSPS) is 12.4. The van der Waals surface area contributed by atoms with Crippen LogP contribution in [0.25, 0.3) is 11.0 Å². The molecule has 1 atom stereocenters. The van der Waals surface area contributed by atoms with Crippen LogP contribution in [0.5, 0.6) is 11.5 Å². The van der Waals surface area contributed by atoms with Gasteiger partial charge in [0.15, 0.2) is 0 Å². The molecule has 8 heteroatoms. The Morgan fingerprint density at radius 2 is 2.16 bits per heavy atom. The molecule has 1 aromatic heterocycles. The molecule has 8 nitrogen and oxygen atoms in total. The van der Waals surface area contributed by atoms with E-state index in [1.54, 1.807) is 19.1 Å². The van der Waals surface area contributed by atoms with Gasteiger partial charge in [-0.3, -0.25) is 4.79 Å². The van der Waals surface area contributed by atoms with Crippen molar-refractivity contribution in [3.05, 3.63) is 48.0 Å². The summed E-state index contributed by atoms with van der Waals surface area (Å²) in [6.07, 6.45) is 1.35. The van der Waals surface area contributed by atoms with Crippen molar-refractivity contribution in [3.63, 3.8) is 0 Å². The van der Waals surface area contributed by atoms with Crippen LogP contribution < -0.4 is 10.2 Å². The second kappa shape index (κ2) is 7.00. The number of hydrogen-bond acceptors (Lipinski definition) is 6. The van der Waals surface area contributed by atoms with E-state index >= 15 is 0 Å². The largest absolute Gasteiger partial charge is 0.507 e. The predicted molar refractivity (Wildman–Crippen MR) is 92.6 cm³/mol. The molecule has 128 valence electrons. The minimum atomic E-state index is -0.594. The summed E-state index contributed by atoms with van der Waals surface area (Å²) in [7, 11) is 1.53. The molecular formula is C17H17N5O3. The van der Waals surface area contributed by atoms with Gasteiger partial charge in [-0.05, 0) is 37.3 Å². The third kappa shape index (κ3) is 3.42. The van der Waals surface area contributed by atoms with Crippen LogP contribution >= 0.6 is 0 Å². The Morgan fingerprint density at radius 3 is 2.96 bits per heavy atom. The molecule has 0 bridgehead atoms. The number of ether oxygens (including phenoxy) is 1. The van der Waals surface area contributed by atoms with Crippen LogP contribution in [-0.4, -0.2) is 39.3 Å².